The van der Waals surface area contributed by atoms with E-state index < -0.39 is 11.2 Å². The fourth-order valence-electron chi connectivity index (χ4n) is 5.83. The molecule has 0 spiro atoms. The second kappa shape index (κ2) is 6.08. The number of aryl methyl sites for hydroxylation is 2. The van der Waals surface area contributed by atoms with Gasteiger partial charge in [0.25, 0.3) is 0 Å². The average molecular weight is 367 g/mol. The number of aromatic hydroxyl groups is 1. The third kappa shape index (κ3) is 2.63. The first-order valence-corrected chi connectivity index (χ1v) is 10.1. The molecule has 0 radical (unpaired) electrons. The fourth-order valence-corrected chi connectivity index (χ4v) is 5.83. The number of aliphatic hydroxyl groups is 2. The number of hydrogen-bond acceptors (Lipinski definition) is 3. The molecule has 144 valence electrons. The Kier molecular flexibility index (Phi) is 4.17. The molecule has 1 fully saturated rings. The Morgan fingerprint density at radius 2 is 1.78 bits per heavy atom. The summed E-state index contributed by atoms with van der Waals surface area (Å²) in [5, 5.41) is 33.2. The van der Waals surface area contributed by atoms with Gasteiger partial charge >= 0.3 is 0 Å². The number of phenols is 1. The Labute approximate surface area is 161 Å². The van der Waals surface area contributed by atoms with E-state index in [-0.39, 0.29) is 5.41 Å². The SMILES string of the molecule is CCC12CC(C)(O)C(O)(c3ccc(C)cc3)C[C@H]1CCc1cc(O)ccc12. The molecular weight excluding hydrogens is 336 g/mol. The van der Waals surface area contributed by atoms with Crippen molar-refractivity contribution in [2.24, 2.45) is 5.92 Å². The minimum Gasteiger partial charge on any atom is -0.508 e. The summed E-state index contributed by atoms with van der Waals surface area (Å²) in [5.74, 6) is 0.600. The molecule has 2 aromatic carbocycles. The van der Waals surface area contributed by atoms with Crippen LogP contribution in [0.1, 0.15) is 61.8 Å². The number of benzene rings is 2. The summed E-state index contributed by atoms with van der Waals surface area (Å²) in [7, 11) is 0. The fraction of sp³-hybridized carbons (Fsp3) is 0.500. The summed E-state index contributed by atoms with van der Waals surface area (Å²) in [6.07, 6.45) is 3.85. The molecule has 0 heterocycles. The molecule has 2 aromatic rings. The van der Waals surface area contributed by atoms with Crippen LogP contribution in [0.3, 0.4) is 0 Å². The van der Waals surface area contributed by atoms with Gasteiger partial charge in [-0.25, -0.2) is 0 Å². The van der Waals surface area contributed by atoms with Crippen molar-refractivity contribution in [3.63, 3.8) is 0 Å². The third-order valence-corrected chi connectivity index (χ3v) is 7.42. The molecule has 0 amide bonds. The van der Waals surface area contributed by atoms with Gasteiger partial charge in [0.05, 0.1) is 5.60 Å². The minimum atomic E-state index is -1.25. The van der Waals surface area contributed by atoms with Gasteiger partial charge in [0.2, 0.25) is 0 Å². The molecule has 2 aliphatic carbocycles. The van der Waals surface area contributed by atoms with Gasteiger partial charge in [-0.15, -0.1) is 0 Å². The summed E-state index contributed by atoms with van der Waals surface area (Å²) >= 11 is 0. The molecule has 0 aromatic heterocycles. The van der Waals surface area contributed by atoms with Crippen LogP contribution in [-0.2, 0) is 17.4 Å². The van der Waals surface area contributed by atoms with Gasteiger partial charge in [0.15, 0.2) is 0 Å². The van der Waals surface area contributed by atoms with Crippen molar-refractivity contribution < 1.29 is 15.3 Å². The topological polar surface area (TPSA) is 60.7 Å². The molecule has 4 rings (SSSR count). The van der Waals surface area contributed by atoms with Crippen LogP contribution >= 0.6 is 0 Å². The highest BCUT2D eigenvalue weighted by atomic mass is 16.4. The Morgan fingerprint density at radius 3 is 2.44 bits per heavy atom. The van der Waals surface area contributed by atoms with Crippen molar-refractivity contribution in [2.75, 3.05) is 0 Å². The van der Waals surface area contributed by atoms with Gasteiger partial charge < -0.3 is 15.3 Å². The lowest BCUT2D eigenvalue weighted by molar-refractivity contribution is -0.205. The number of fused-ring (bicyclic) bond motifs is 3. The highest BCUT2D eigenvalue weighted by Crippen LogP contribution is 2.60. The van der Waals surface area contributed by atoms with E-state index in [2.05, 4.69) is 6.92 Å². The van der Waals surface area contributed by atoms with Crippen molar-refractivity contribution in [3.05, 3.63) is 64.7 Å². The molecule has 3 heteroatoms. The molecule has 3 unspecified atom stereocenters. The van der Waals surface area contributed by atoms with Crippen molar-refractivity contribution in [1.29, 1.82) is 0 Å². The van der Waals surface area contributed by atoms with Crippen molar-refractivity contribution >= 4 is 0 Å². The van der Waals surface area contributed by atoms with E-state index in [9.17, 15) is 15.3 Å². The highest BCUT2D eigenvalue weighted by Gasteiger charge is 2.60. The van der Waals surface area contributed by atoms with Crippen molar-refractivity contribution in [2.45, 2.75) is 69.5 Å². The maximum Gasteiger partial charge on any atom is 0.118 e. The molecule has 1 saturated carbocycles. The average Bonchev–Trinajstić information content (AvgIpc) is 2.62. The van der Waals surface area contributed by atoms with Gasteiger partial charge in [-0.05, 0) is 80.7 Å². The van der Waals surface area contributed by atoms with Crippen molar-refractivity contribution in [3.8, 4) is 5.75 Å². The lowest BCUT2D eigenvalue weighted by atomic mass is 9.49. The Hall–Kier alpha value is -1.84. The predicted octanol–water partition coefficient (Wildman–Crippen LogP) is 4.34. The summed E-state index contributed by atoms with van der Waals surface area (Å²) in [4.78, 5) is 0. The van der Waals surface area contributed by atoms with E-state index in [0.717, 1.165) is 30.4 Å². The van der Waals surface area contributed by atoms with Gasteiger partial charge in [-0.1, -0.05) is 42.8 Å². The molecule has 27 heavy (non-hydrogen) atoms. The maximum atomic E-state index is 11.7. The Balaban J connectivity index is 1.81. The lowest BCUT2D eigenvalue weighted by Crippen LogP contribution is -2.62. The molecular formula is C24H30O3. The largest absolute Gasteiger partial charge is 0.508 e. The number of phenolic OH excluding ortho intramolecular Hbond substituents is 1. The Morgan fingerprint density at radius 1 is 1.07 bits per heavy atom. The first-order valence-electron chi connectivity index (χ1n) is 10.1. The highest BCUT2D eigenvalue weighted by molar-refractivity contribution is 5.45. The quantitative estimate of drug-likeness (QED) is 0.741. The summed E-state index contributed by atoms with van der Waals surface area (Å²) in [6, 6.07) is 13.6. The molecule has 2 aliphatic rings. The first-order chi connectivity index (χ1) is 12.7. The lowest BCUT2D eigenvalue weighted by Gasteiger charge is -2.59. The molecule has 3 nitrogen and oxygen atoms in total. The summed E-state index contributed by atoms with van der Waals surface area (Å²) in [5.41, 5.74) is 1.72. The monoisotopic (exact) mass is 366 g/mol. The van der Waals surface area contributed by atoms with Gasteiger partial charge in [0, 0.05) is 5.41 Å². The molecule has 3 N–H and O–H groups in total. The van der Waals surface area contributed by atoms with Crippen molar-refractivity contribution in [1.82, 2.24) is 0 Å². The number of hydrogen-bond donors (Lipinski definition) is 3. The summed E-state index contributed by atoms with van der Waals surface area (Å²) in [6.45, 7) is 6.00. The van der Waals surface area contributed by atoms with Gasteiger partial charge in [-0.2, -0.15) is 0 Å². The zero-order valence-electron chi connectivity index (χ0n) is 16.5. The van der Waals surface area contributed by atoms with Gasteiger partial charge in [-0.3, -0.25) is 0 Å². The standard InChI is InChI=1S/C24H30O3/c1-4-23-15-22(3,26)24(27,18-8-5-16(2)6-9-18)14-19(23)10-7-17-13-20(25)11-12-21(17)23/h5-6,8-9,11-13,19,25-27H,4,7,10,14-15H2,1-3H3/t19-,22?,23?,24?/m1/s1. The van der Waals surface area contributed by atoms with Gasteiger partial charge in [0.1, 0.15) is 11.4 Å². The van der Waals surface area contributed by atoms with E-state index in [0.29, 0.717) is 24.5 Å². The zero-order valence-corrected chi connectivity index (χ0v) is 16.5. The van der Waals surface area contributed by atoms with Crippen LogP contribution in [0.2, 0.25) is 0 Å². The van der Waals surface area contributed by atoms with Crippen LogP contribution < -0.4 is 0 Å². The minimum absolute atomic E-state index is 0.165. The smallest absolute Gasteiger partial charge is 0.118 e. The summed E-state index contributed by atoms with van der Waals surface area (Å²) < 4.78 is 0. The molecule has 4 atom stereocenters. The van der Waals surface area contributed by atoms with E-state index in [4.69, 9.17) is 0 Å². The first kappa shape index (κ1) is 18.5. The van der Waals surface area contributed by atoms with Crippen LogP contribution in [0.15, 0.2) is 42.5 Å². The molecule has 0 aliphatic heterocycles. The van der Waals surface area contributed by atoms with E-state index in [1.807, 2.05) is 43.3 Å². The second-order valence-electron chi connectivity index (χ2n) is 8.97. The second-order valence-corrected chi connectivity index (χ2v) is 8.97. The van der Waals surface area contributed by atoms with Crippen LogP contribution in [0.5, 0.6) is 5.75 Å². The zero-order chi connectivity index (χ0) is 19.4. The number of rotatable bonds is 2. The molecule has 0 bridgehead atoms. The Bertz CT molecular complexity index is 854. The van der Waals surface area contributed by atoms with Crippen LogP contribution in [0, 0.1) is 12.8 Å². The van der Waals surface area contributed by atoms with Crippen LogP contribution in [0.25, 0.3) is 0 Å². The van der Waals surface area contributed by atoms with E-state index in [1.54, 1.807) is 13.0 Å². The normalized spacial score (nSPS) is 35.4. The van der Waals surface area contributed by atoms with Crippen LogP contribution in [0.4, 0.5) is 0 Å². The molecule has 0 saturated heterocycles. The maximum absolute atomic E-state index is 11.7. The third-order valence-electron chi connectivity index (χ3n) is 7.42. The predicted molar refractivity (Wildman–Crippen MR) is 107 cm³/mol. The van der Waals surface area contributed by atoms with E-state index in [1.165, 1.54) is 11.1 Å². The van der Waals surface area contributed by atoms with Crippen LogP contribution in [-0.4, -0.2) is 20.9 Å². The van der Waals surface area contributed by atoms with E-state index >= 15 is 0 Å².